The van der Waals surface area contributed by atoms with Crippen molar-refractivity contribution in [2.24, 2.45) is 0 Å². The van der Waals surface area contributed by atoms with Crippen LogP contribution in [-0.4, -0.2) is 61.3 Å². The summed E-state index contributed by atoms with van der Waals surface area (Å²) in [7, 11) is 3.91. The molecular formula is C20H21N5O3. The predicted octanol–water partition coefficient (Wildman–Crippen LogP) is 1.61. The Morgan fingerprint density at radius 3 is 2.61 bits per heavy atom. The quantitative estimate of drug-likeness (QED) is 0.684. The van der Waals surface area contributed by atoms with Crippen molar-refractivity contribution in [1.82, 2.24) is 15.1 Å². The smallest absolute Gasteiger partial charge is 0.289 e. The van der Waals surface area contributed by atoms with Gasteiger partial charge >= 0.3 is 0 Å². The van der Waals surface area contributed by atoms with Crippen LogP contribution < -0.4 is 15.2 Å². The van der Waals surface area contributed by atoms with Gasteiger partial charge in [-0.05, 0) is 12.1 Å². The lowest BCUT2D eigenvalue weighted by Crippen LogP contribution is -2.49. The molecule has 1 amide bonds. The fourth-order valence-electron chi connectivity index (χ4n) is 3.25. The minimum atomic E-state index is -0.268. The highest BCUT2D eigenvalue weighted by atomic mass is 16.3. The normalized spacial score (nSPS) is 14.4. The molecule has 0 radical (unpaired) electrons. The van der Waals surface area contributed by atoms with Gasteiger partial charge in [-0.25, -0.2) is 0 Å². The number of benzene rings is 1. The number of para-hydroxylation sites is 1. The van der Waals surface area contributed by atoms with Crippen molar-refractivity contribution in [3.05, 3.63) is 58.6 Å². The van der Waals surface area contributed by atoms with Crippen LogP contribution in [0.4, 0.5) is 11.5 Å². The van der Waals surface area contributed by atoms with Gasteiger partial charge in [0.05, 0.1) is 17.3 Å². The van der Waals surface area contributed by atoms with Crippen LogP contribution in [0.5, 0.6) is 0 Å². The van der Waals surface area contributed by atoms with Crippen LogP contribution in [0.15, 0.2) is 51.8 Å². The number of carbonyl (C=O) groups excluding carboxylic acids is 1. The summed E-state index contributed by atoms with van der Waals surface area (Å²) in [6, 6.07) is 10.2. The third-order valence-electron chi connectivity index (χ3n) is 4.88. The standard InChI is InChI=1S/C20H21N5O3/c1-23(2)14-11-19(22-21-13-14)24-7-9-25(10-8-24)20(27)18-12-16(26)15-5-3-4-6-17(15)28-18/h3-6,11-13H,7-10H2,1-2H3. The van der Waals surface area contributed by atoms with Gasteiger partial charge in [-0.3, -0.25) is 9.59 Å². The van der Waals surface area contributed by atoms with Gasteiger partial charge in [0, 0.05) is 52.4 Å². The maximum absolute atomic E-state index is 12.8. The number of anilines is 2. The summed E-state index contributed by atoms with van der Waals surface area (Å²) in [5, 5.41) is 8.74. The van der Waals surface area contributed by atoms with E-state index in [0.29, 0.717) is 37.1 Å². The molecule has 144 valence electrons. The summed E-state index contributed by atoms with van der Waals surface area (Å²) in [5.74, 6) is 0.595. The van der Waals surface area contributed by atoms with Crippen molar-refractivity contribution < 1.29 is 9.21 Å². The number of piperazine rings is 1. The molecule has 1 aliphatic rings. The molecule has 0 unspecified atom stereocenters. The summed E-state index contributed by atoms with van der Waals surface area (Å²) >= 11 is 0. The van der Waals surface area contributed by atoms with Gasteiger partial charge in [-0.15, -0.1) is 5.10 Å². The highest BCUT2D eigenvalue weighted by molar-refractivity contribution is 5.93. The molecule has 28 heavy (non-hydrogen) atoms. The molecule has 3 aromatic rings. The second kappa shape index (κ2) is 7.30. The zero-order valence-corrected chi connectivity index (χ0v) is 15.8. The Hall–Kier alpha value is -3.42. The Bertz CT molecular complexity index is 1070. The summed E-state index contributed by atoms with van der Waals surface area (Å²) in [5.41, 5.74) is 1.19. The molecule has 1 saturated heterocycles. The first-order chi connectivity index (χ1) is 13.5. The fraction of sp³-hybridized carbons (Fsp3) is 0.300. The van der Waals surface area contributed by atoms with Crippen LogP contribution in [0, 0.1) is 0 Å². The molecule has 0 spiro atoms. The van der Waals surface area contributed by atoms with E-state index in [4.69, 9.17) is 4.42 Å². The zero-order valence-electron chi connectivity index (χ0n) is 15.8. The molecule has 0 bridgehead atoms. The molecular weight excluding hydrogens is 358 g/mol. The lowest BCUT2D eigenvalue weighted by Gasteiger charge is -2.35. The van der Waals surface area contributed by atoms with Gasteiger partial charge in [-0.1, -0.05) is 12.1 Å². The van der Waals surface area contributed by atoms with Crippen LogP contribution in [0.1, 0.15) is 10.6 Å². The number of amides is 1. The van der Waals surface area contributed by atoms with E-state index in [-0.39, 0.29) is 17.1 Å². The van der Waals surface area contributed by atoms with Gasteiger partial charge < -0.3 is 19.1 Å². The Kier molecular flexibility index (Phi) is 4.68. The first-order valence-electron chi connectivity index (χ1n) is 9.10. The maximum Gasteiger partial charge on any atom is 0.289 e. The number of carbonyl (C=O) groups is 1. The van der Waals surface area contributed by atoms with Crippen LogP contribution >= 0.6 is 0 Å². The van der Waals surface area contributed by atoms with Gasteiger partial charge in [0.2, 0.25) is 0 Å². The van der Waals surface area contributed by atoms with Crippen LogP contribution in [-0.2, 0) is 0 Å². The number of rotatable bonds is 3. The van der Waals surface area contributed by atoms with Crippen molar-refractivity contribution in [2.45, 2.75) is 0 Å². The minimum Gasteiger partial charge on any atom is -0.451 e. The highest BCUT2D eigenvalue weighted by Crippen LogP contribution is 2.19. The topological polar surface area (TPSA) is 82.8 Å². The Labute approximate surface area is 162 Å². The Balaban J connectivity index is 1.49. The molecule has 0 saturated carbocycles. The van der Waals surface area contributed by atoms with E-state index < -0.39 is 0 Å². The largest absolute Gasteiger partial charge is 0.451 e. The first kappa shape index (κ1) is 18.0. The second-order valence-electron chi connectivity index (χ2n) is 6.92. The number of fused-ring (bicyclic) bond motifs is 1. The molecule has 2 aromatic heterocycles. The molecule has 8 nitrogen and oxygen atoms in total. The molecule has 4 rings (SSSR count). The lowest BCUT2D eigenvalue weighted by atomic mass is 10.2. The van der Waals surface area contributed by atoms with Crippen molar-refractivity contribution in [2.75, 3.05) is 50.1 Å². The van der Waals surface area contributed by atoms with Crippen molar-refractivity contribution in [3.63, 3.8) is 0 Å². The van der Waals surface area contributed by atoms with E-state index in [1.165, 1.54) is 6.07 Å². The van der Waals surface area contributed by atoms with Gasteiger partial charge in [0.15, 0.2) is 17.0 Å². The SMILES string of the molecule is CN(C)c1cnnc(N2CCN(C(=O)c3cc(=O)c4ccccc4o3)CC2)c1. The highest BCUT2D eigenvalue weighted by Gasteiger charge is 2.25. The van der Waals surface area contributed by atoms with Gasteiger partial charge in [0.25, 0.3) is 5.91 Å². The Morgan fingerprint density at radius 1 is 1.11 bits per heavy atom. The summed E-state index contributed by atoms with van der Waals surface area (Å²) in [4.78, 5) is 30.8. The van der Waals surface area contributed by atoms with Crippen molar-refractivity contribution in [1.29, 1.82) is 0 Å². The molecule has 1 aliphatic heterocycles. The number of aromatic nitrogens is 2. The molecule has 8 heteroatoms. The van der Waals surface area contributed by atoms with Gasteiger partial charge in [0.1, 0.15) is 5.58 Å². The Morgan fingerprint density at radius 2 is 1.86 bits per heavy atom. The van der Waals surface area contributed by atoms with E-state index in [0.717, 1.165) is 11.5 Å². The van der Waals surface area contributed by atoms with Gasteiger partial charge in [-0.2, -0.15) is 5.10 Å². The van der Waals surface area contributed by atoms with Crippen LogP contribution in [0.3, 0.4) is 0 Å². The third-order valence-corrected chi connectivity index (χ3v) is 4.88. The second-order valence-corrected chi connectivity index (χ2v) is 6.92. The van der Waals surface area contributed by atoms with Crippen molar-refractivity contribution in [3.8, 4) is 0 Å². The molecule has 0 aliphatic carbocycles. The fourth-order valence-corrected chi connectivity index (χ4v) is 3.25. The van der Waals surface area contributed by atoms with Crippen LogP contribution in [0.2, 0.25) is 0 Å². The predicted molar refractivity (Wildman–Crippen MR) is 107 cm³/mol. The molecule has 3 heterocycles. The van der Waals surface area contributed by atoms with E-state index in [9.17, 15) is 9.59 Å². The minimum absolute atomic E-state index is 0.0755. The summed E-state index contributed by atoms with van der Waals surface area (Å²) < 4.78 is 5.68. The number of hydrogen-bond acceptors (Lipinski definition) is 7. The molecule has 1 fully saturated rings. The first-order valence-corrected chi connectivity index (χ1v) is 9.10. The van der Waals surface area contributed by atoms with Crippen LogP contribution in [0.25, 0.3) is 11.0 Å². The molecule has 1 aromatic carbocycles. The van der Waals surface area contributed by atoms with E-state index in [1.54, 1.807) is 35.4 Å². The van der Waals surface area contributed by atoms with E-state index in [1.807, 2.05) is 25.1 Å². The van der Waals surface area contributed by atoms with E-state index in [2.05, 4.69) is 15.1 Å². The average Bonchev–Trinajstić information content (AvgIpc) is 2.73. The monoisotopic (exact) mass is 379 g/mol. The third kappa shape index (κ3) is 3.40. The average molecular weight is 379 g/mol. The molecule has 0 N–H and O–H groups in total. The zero-order chi connectivity index (χ0) is 19.7. The lowest BCUT2D eigenvalue weighted by molar-refractivity contribution is 0.0715. The number of hydrogen-bond donors (Lipinski definition) is 0. The van der Waals surface area contributed by atoms with Crippen molar-refractivity contribution >= 4 is 28.4 Å². The van der Waals surface area contributed by atoms with E-state index >= 15 is 0 Å². The summed E-state index contributed by atoms with van der Waals surface area (Å²) in [6.07, 6.45) is 1.71. The molecule has 0 atom stereocenters. The number of nitrogens with zero attached hydrogens (tertiary/aromatic N) is 5. The maximum atomic E-state index is 12.8. The summed E-state index contributed by atoms with van der Waals surface area (Å²) in [6.45, 7) is 2.30.